The van der Waals surface area contributed by atoms with E-state index >= 15 is 0 Å². The van der Waals surface area contributed by atoms with Gasteiger partial charge >= 0.3 is 18.1 Å². The molecule has 3 unspecified atom stereocenters. The number of anilines is 1. The van der Waals surface area contributed by atoms with E-state index in [-0.39, 0.29) is 23.3 Å². The van der Waals surface area contributed by atoms with Gasteiger partial charge in [-0.1, -0.05) is 38.9 Å². The number of nitrogens with two attached hydrogens (primary N) is 1. The van der Waals surface area contributed by atoms with Crippen LogP contribution in [-0.2, 0) is 31.1 Å². The number of ether oxygens (including phenoxy) is 1. The summed E-state index contributed by atoms with van der Waals surface area (Å²) < 4.78 is 37.5. The molecule has 3 aliphatic rings. The Kier molecular flexibility index (Phi) is 11.3. The van der Waals surface area contributed by atoms with Gasteiger partial charge in [0.25, 0.3) is 0 Å². The number of oxime groups is 1. The number of aryl methyl sites for hydroxylation is 2. The molecule has 0 spiro atoms. The van der Waals surface area contributed by atoms with Gasteiger partial charge in [-0.05, 0) is 91.7 Å². The van der Waals surface area contributed by atoms with Crippen LogP contribution in [0.4, 0.5) is 18.3 Å². The van der Waals surface area contributed by atoms with Crippen molar-refractivity contribution < 1.29 is 42.2 Å². The Balaban J connectivity index is 0.000000671. The van der Waals surface area contributed by atoms with Gasteiger partial charge in [0, 0.05) is 28.5 Å². The lowest BCUT2D eigenvalue weighted by Crippen LogP contribution is -2.44. The Labute approximate surface area is 282 Å². The summed E-state index contributed by atoms with van der Waals surface area (Å²) >= 11 is 1.50. The minimum atomic E-state index is -5.08. The van der Waals surface area contributed by atoms with Crippen LogP contribution >= 0.6 is 11.3 Å². The lowest BCUT2D eigenvalue weighted by atomic mass is 9.53. The van der Waals surface area contributed by atoms with E-state index in [9.17, 15) is 22.8 Å². The summed E-state index contributed by atoms with van der Waals surface area (Å²) in [6.45, 7) is 10.7. The number of thiazole rings is 1. The number of halogens is 3. The number of esters is 1. The fourth-order valence-corrected chi connectivity index (χ4v) is 8.62. The van der Waals surface area contributed by atoms with E-state index in [0.29, 0.717) is 41.0 Å². The molecule has 48 heavy (non-hydrogen) atoms. The maximum absolute atomic E-state index is 12.9. The van der Waals surface area contributed by atoms with E-state index < -0.39 is 18.1 Å². The van der Waals surface area contributed by atoms with Crippen LogP contribution in [0, 0.1) is 30.1 Å². The summed E-state index contributed by atoms with van der Waals surface area (Å²) in [7, 11) is 1.63. The van der Waals surface area contributed by atoms with Gasteiger partial charge in [-0.15, -0.1) is 11.3 Å². The van der Waals surface area contributed by atoms with Crippen LogP contribution in [0.5, 0.6) is 5.75 Å². The van der Waals surface area contributed by atoms with E-state index in [1.165, 1.54) is 22.5 Å². The van der Waals surface area contributed by atoms with Gasteiger partial charge in [0.2, 0.25) is 5.91 Å². The van der Waals surface area contributed by atoms with Gasteiger partial charge in [-0.2, -0.15) is 13.2 Å². The van der Waals surface area contributed by atoms with Gasteiger partial charge in [0.15, 0.2) is 5.13 Å². The number of rotatable bonds is 7. The number of aromatic nitrogens is 1. The second kappa shape index (κ2) is 14.5. The topological polar surface area (TPSA) is 153 Å². The second-order valence-electron chi connectivity index (χ2n) is 14.1. The molecule has 1 aromatic heterocycles. The average Bonchev–Trinajstić information content (AvgIpc) is 3.54. The molecule has 264 valence electrons. The third-order valence-electron chi connectivity index (χ3n) is 9.95. The standard InChI is InChI=1S/C32H44N4O4S.C2HF3O2/c1-18-17-34-30(41-18)35-27(37)10-8-20-14-26(36-39-6)32(5)12-11-21-22(29(20)32)9-7-19-13-25(40-28(38)16-33)24(15-23(19)21)31(2,3)4;3-2(4,5)1(6)7/h13,15,17,20-22,29H,7-12,14,16,33H2,1-6H3,(H,34,35,37);(H,6,7)/t20-,21?,22?,29?,32-;/m1./s1. The molecule has 0 bridgehead atoms. The molecular formula is C34H45F3N4O6S. The van der Waals surface area contributed by atoms with Crippen LogP contribution in [0.1, 0.15) is 93.7 Å². The number of fused-ring (bicyclic) bond motifs is 5. The van der Waals surface area contributed by atoms with Gasteiger partial charge in [-0.3, -0.25) is 9.59 Å². The summed E-state index contributed by atoms with van der Waals surface area (Å²) in [6, 6.07) is 4.41. The van der Waals surface area contributed by atoms with Crippen LogP contribution in [0.3, 0.4) is 0 Å². The molecular weight excluding hydrogens is 649 g/mol. The fraction of sp³-hybridized carbons (Fsp3) is 0.618. The van der Waals surface area contributed by atoms with E-state index in [1.807, 2.05) is 6.92 Å². The number of alkyl halides is 3. The van der Waals surface area contributed by atoms with E-state index in [0.717, 1.165) is 54.7 Å². The minimum Gasteiger partial charge on any atom is -0.475 e. The Bertz CT molecular complexity index is 1550. The van der Waals surface area contributed by atoms with Crippen molar-refractivity contribution in [1.82, 2.24) is 4.98 Å². The fourth-order valence-electron chi connectivity index (χ4n) is 7.94. The molecule has 0 saturated heterocycles. The molecule has 4 N–H and O–H groups in total. The predicted octanol–water partition coefficient (Wildman–Crippen LogP) is 6.75. The Morgan fingerprint density at radius 3 is 2.46 bits per heavy atom. The molecule has 2 fully saturated rings. The Morgan fingerprint density at radius 2 is 1.90 bits per heavy atom. The number of aliphatic carboxylic acids is 1. The van der Waals surface area contributed by atoms with E-state index in [1.54, 1.807) is 13.3 Å². The zero-order chi connectivity index (χ0) is 35.6. The normalized spacial score (nSPS) is 25.6. The molecule has 3 aliphatic carbocycles. The molecule has 2 saturated carbocycles. The first-order valence-electron chi connectivity index (χ1n) is 16.1. The molecule has 0 aliphatic heterocycles. The first kappa shape index (κ1) is 37.3. The number of hydrogen-bond donors (Lipinski definition) is 3. The highest BCUT2D eigenvalue weighted by atomic mass is 32.1. The van der Waals surface area contributed by atoms with Crippen LogP contribution in [0.15, 0.2) is 23.5 Å². The van der Waals surface area contributed by atoms with Crippen molar-refractivity contribution in [3.63, 3.8) is 0 Å². The molecule has 0 radical (unpaired) electrons. The third kappa shape index (κ3) is 8.19. The number of nitrogens with one attached hydrogen (secondary N) is 1. The number of carbonyl (C=O) groups is 3. The quantitative estimate of drug-likeness (QED) is 0.164. The number of nitrogens with zero attached hydrogens (tertiary/aromatic N) is 2. The summed E-state index contributed by atoms with van der Waals surface area (Å²) in [4.78, 5) is 44.7. The highest BCUT2D eigenvalue weighted by molar-refractivity contribution is 7.15. The molecule has 2 aromatic rings. The van der Waals surface area contributed by atoms with Crippen molar-refractivity contribution in [1.29, 1.82) is 0 Å². The molecule has 1 aromatic carbocycles. The molecule has 10 nitrogen and oxygen atoms in total. The lowest BCUT2D eigenvalue weighted by Gasteiger charge is -2.50. The maximum atomic E-state index is 12.9. The predicted molar refractivity (Wildman–Crippen MR) is 176 cm³/mol. The van der Waals surface area contributed by atoms with Crippen molar-refractivity contribution in [3.8, 4) is 5.75 Å². The van der Waals surface area contributed by atoms with E-state index in [4.69, 9.17) is 25.2 Å². The van der Waals surface area contributed by atoms with Crippen LogP contribution in [0.25, 0.3) is 0 Å². The first-order chi connectivity index (χ1) is 22.4. The highest BCUT2D eigenvalue weighted by Gasteiger charge is 2.57. The van der Waals surface area contributed by atoms with Gasteiger partial charge in [0.05, 0.1) is 12.3 Å². The zero-order valence-corrected chi connectivity index (χ0v) is 29.0. The summed E-state index contributed by atoms with van der Waals surface area (Å²) in [6.07, 6.45) is 2.98. The van der Waals surface area contributed by atoms with Crippen LogP contribution in [0.2, 0.25) is 0 Å². The molecule has 1 heterocycles. The summed E-state index contributed by atoms with van der Waals surface area (Å²) in [5.74, 6) is -0.809. The summed E-state index contributed by atoms with van der Waals surface area (Å²) in [5.41, 5.74) is 10.2. The highest BCUT2D eigenvalue weighted by Crippen LogP contribution is 2.63. The average molecular weight is 695 g/mol. The summed E-state index contributed by atoms with van der Waals surface area (Å²) in [5, 5.41) is 15.3. The van der Waals surface area contributed by atoms with Crippen molar-refractivity contribution in [2.45, 2.75) is 97.1 Å². The Hall–Kier alpha value is -3.52. The third-order valence-corrected chi connectivity index (χ3v) is 10.8. The number of hydrogen-bond acceptors (Lipinski definition) is 9. The number of carboxylic acids is 1. The molecule has 14 heteroatoms. The lowest BCUT2D eigenvalue weighted by molar-refractivity contribution is -0.192. The molecule has 1 amide bonds. The van der Waals surface area contributed by atoms with Gasteiger partial charge in [-0.25, -0.2) is 9.78 Å². The minimum absolute atomic E-state index is 0.0221. The van der Waals surface area contributed by atoms with Crippen LogP contribution < -0.4 is 15.8 Å². The van der Waals surface area contributed by atoms with E-state index in [2.05, 4.69) is 55.3 Å². The van der Waals surface area contributed by atoms with Crippen molar-refractivity contribution in [3.05, 3.63) is 39.9 Å². The SMILES string of the molecule is CON=C1C[C@@H](CCC(=O)Nc2ncc(C)s2)C2C3CCc4cc(OC(=O)CN)c(C(C)(C)C)cc4C3CC[C@]12C.O=C(O)C(F)(F)F. The number of carbonyl (C=O) groups excluding carboxylic acids is 2. The van der Waals surface area contributed by atoms with Crippen molar-refractivity contribution in [2.24, 2.45) is 34.1 Å². The maximum Gasteiger partial charge on any atom is 0.490 e. The monoisotopic (exact) mass is 694 g/mol. The van der Waals surface area contributed by atoms with Gasteiger partial charge in [0.1, 0.15) is 12.9 Å². The van der Waals surface area contributed by atoms with Crippen molar-refractivity contribution >= 4 is 40.0 Å². The Morgan fingerprint density at radius 1 is 1.21 bits per heavy atom. The smallest absolute Gasteiger partial charge is 0.475 e. The second-order valence-corrected chi connectivity index (χ2v) is 15.4. The zero-order valence-electron chi connectivity index (χ0n) is 28.2. The first-order valence-corrected chi connectivity index (χ1v) is 16.9. The van der Waals surface area contributed by atoms with Gasteiger partial charge < -0.3 is 25.7 Å². The molecule has 5 rings (SSSR count). The molecule has 5 atom stereocenters. The van der Waals surface area contributed by atoms with Crippen LogP contribution in [-0.4, -0.2) is 53.5 Å². The van der Waals surface area contributed by atoms with Crippen molar-refractivity contribution in [2.75, 3.05) is 19.0 Å². The number of benzene rings is 1. The largest absolute Gasteiger partial charge is 0.490 e. The number of amides is 1. The number of carboxylic acid groups (broad SMARTS) is 1.